The van der Waals surface area contributed by atoms with Crippen molar-refractivity contribution in [3.63, 3.8) is 0 Å². The topological polar surface area (TPSA) is 26.3 Å². The molecule has 1 aliphatic carbocycles. The highest BCUT2D eigenvalue weighted by Crippen LogP contribution is 2.34. The molecule has 2 aromatic rings. The number of carbonyl (C=O) groups is 1. The van der Waals surface area contributed by atoms with Gasteiger partial charge in [0, 0.05) is 5.92 Å². The van der Waals surface area contributed by atoms with Crippen LogP contribution in [0.25, 0.3) is 11.1 Å². The molecule has 19 heavy (non-hydrogen) atoms. The summed E-state index contributed by atoms with van der Waals surface area (Å²) in [4.78, 5) is 11.0. The number of hydrogen-bond acceptors (Lipinski definition) is 2. The molecular formula is C17H16O2. The average Bonchev–Trinajstić information content (AvgIpc) is 2.89. The third-order valence-corrected chi connectivity index (χ3v) is 3.85. The van der Waals surface area contributed by atoms with Gasteiger partial charge in [-0.05, 0) is 47.2 Å². The Hall–Kier alpha value is -2.09. The predicted molar refractivity (Wildman–Crippen MR) is 75.6 cm³/mol. The average molecular weight is 252 g/mol. The first-order chi connectivity index (χ1) is 9.31. The summed E-state index contributed by atoms with van der Waals surface area (Å²) in [6.07, 6.45) is 3.02. The normalized spacial score (nSPS) is 17.0. The minimum Gasteiger partial charge on any atom is -0.497 e. The van der Waals surface area contributed by atoms with Crippen molar-refractivity contribution in [3.05, 3.63) is 53.6 Å². The van der Waals surface area contributed by atoms with Gasteiger partial charge in [0.25, 0.3) is 0 Å². The monoisotopic (exact) mass is 252 g/mol. The van der Waals surface area contributed by atoms with Crippen molar-refractivity contribution in [2.75, 3.05) is 7.11 Å². The third-order valence-electron chi connectivity index (χ3n) is 3.85. The van der Waals surface area contributed by atoms with E-state index in [2.05, 4.69) is 30.3 Å². The Morgan fingerprint density at radius 3 is 2.53 bits per heavy atom. The highest BCUT2D eigenvalue weighted by molar-refractivity contribution is 5.70. The SMILES string of the molecule is COc1ccc(-c2ccc3c(c2)CCC3C=O)cc1. The molecule has 0 aliphatic heterocycles. The molecule has 0 saturated carbocycles. The molecule has 1 atom stereocenters. The van der Waals surface area contributed by atoms with Gasteiger partial charge in [0.15, 0.2) is 0 Å². The van der Waals surface area contributed by atoms with Gasteiger partial charge in [0.05, 0.1) is 7.11 Å². The Bertz CT molecular complexity index is 599. The molecule has 96 valence electrons. The van der Waals surface area contributed by atoms with E-state index in [-0.39, 0.29) is 5.92 Å². The lowest BCUT2D eigenvalue weighted by atomic mass is 9.98. The van der Waals surface area contributed by atoms with Gasteiger partial charge in [-0.1, -0.05) is 30.3 Å². The summed E-state index contributed by atoms with van der Waals surface area (Å²) >= 11 is 0. The van der Waals surface area contributed by atoms with Gasteiger partial charge in [-0.15, -0.1) is 0 Å². The number of aldehydes is 1. The summed E-state index contributed by atoms with van der Waals surface area (Å²) in [7, 11) is 1.67. The van der Waals surface area contributed by atoms with Crippen LogP contribution in [0.4, 0.5) is 0 Å². The minimum absolute atomic E-state index is 0.0971. The summed E-state index contributed by atoms with van der Waals surface area (Å²) < 4.78 is 5.17. The van der Waals surface area contributed by atoms with E-state index < -0.39 is 0 Å². The zero-order valence-corrected chi connectivity index (χ0v) is 10.9. The number of hydrogen-bond donors (Lipinski definition) is 0. The standard InChI is InChI=1S/C17H16O2/c1-19-16-7-4-12(5-8-16)13-6-9-17-14(10-13)2-3-15(17)11-18/h4-11,15H,2-3H2,1H3. The first-order valence-electron chi connectivity index (χ1n) is 6.54. The molecule has 2 nitrogen and oxygen atoms in total. The van der Waals surface area contributed by atoms with Gasteiger partial charge < -0.3 is 9.53 Å². The molecule has 0 N–H and O–H groups in total. The number of benzene rings is 2. The van der Waals surface area contributed by atoms with Crippen molar-refractivity contribution in [2.45, 2.75) is 18.8 Å². The largest absolute Gasteiger partial charge is 0.497 e. The Morgan fingerprint density at radius 1 is 1.11 bits per heavy atom. The zero-order chi connectivity index (χ0) is 13.2. The molecular weight excluding hydrogens is 236 g/mol. The molecule has 0 bridgehead atoms. The van der Waals surface area contributed by atoms with E-state index in [0.717, 1.165) is 24.9 Å². The third kappa shape index (κ3) is 2.14. The van der Waals surface area contributed by atoms with Crippen LogP contribution in [-0.2, 0) is 11.2 Å². The number of methoxy groups -OCH3 is 1. The predicted octanol–water partition coefficient (Wildman–Crippen LogP) is 3.59. The van der Waals surface area contributed by atoms with Crippen molar-refractivity contribution in [3.8, 4) is 16.9 Å². The van der Waals surface area contributed by atoms with E-state index in [0.29, 0.717) is 0 Å². The highest BCUT2D eigenvalue weighted by Gasteiger charge is 2.21. The van der Waals surface area contributed by atoms with Crippen molar-refractivity contribution in [1.82, 2.24) is 0 Å². The van der Waals surface area contributed by atoms with Crippen LogP contribution in [0.15, 0.2) is 42.5 Å². The van der Waals surface area contributed by atoms with Gasteiger partial charge in [-0.2, -0.15) is 0 Å². The number of ether oxygens (including phenoxy) is 1. The Kier molecular flexibility index (Phi) is 3.08. The van der Waals surface area contributed by atoms with Crippen LogP contribution in [0.3, 0.4) is 0 Å². The molecule has 1 unspecified atom stereocenters. The molecule has 2 aromatic carbocycles. The number of fused-ring (bicyclic) bond motifs is 1. The molecule has 3 rings (SSSR count). The van der Waals surface area contributed by atoms with Gasteiger partial charge in [-0.25, -0.2) is 0 Å². The first kappa shape index (κ1) is 12.0. The maximum atomic E-state index is 11.0. The molecule has 1 aliphatic rings. The van der Waals surface area contributed by atoms with Gasteiger partial charge in [0.1, 0.15) is 12.0 Å². The van der Waals surface area contributed by atoms with Crippen LogP contribution >= 0.6 is 0 Å². The second kappa shape index (κ2) is 4.88. The number of rotatable bonds is 3. The lowest BCUT2D eigenvalue weighted by Gasteiger charge is -2.07. The van der Waals surface area contributed by atoms with E-state index in [9.17, 15) is 4.79 Å². The number of carbonyl (C=O) groups excluding carboxylic acids is 1. The van der Waals surface area contributed by atoms with Gasteiger partial charge in [0.2, 0.25) is 0 Å². The van der Waals surface area contributed by atoms with Crippen molar-refractivity contribution in [2.24, 2.45) is 0 Å². The summed E-state index contributed by atoms with van der Waals surface area (Å²) in [6, 6.07) is 14.5. The zero-order valence-electron chi connectivity index (χ0n) is 10.9. The van der Waals surface area contributed by atoms with E-state index in [1.165, 1.54) is 22.3 Å². The molecule has 0 heterocycles. The maximum absolute atomic E-state index is 11.0. The molecule has 0 aromatic heterocycles. The van der Waals surface area contributed by atoms with E-state index in [1.54, 1.807) is 7.11 Å². The second-order valence-corrected chi connectivity index (χ2v) is 4.92. The van der Waals surface area contributed by atoms with E-state index in [4.69, 9.17) is 4.74 Å². The fourth-order valence-electron chi connectivity index (χ4n) is 2.75. The number of aryl methyl sites for hydroxylation is 1. The Balaban J connectivity index is 1.96. The van der Waals surface area contributed by atoms with Crippen molar-refractivity contribution >= 4 is 6.29 Å². The van der Waals surface area contributed by atoms with Crippen LogP contribution in [0.2, 0.25) is 0 Å². The maximum Gasteiger partial charge on any atom is 0.127 e. The summed E-state index contributed by atoms with van der Waals surface area (Å²) in [5.74, 6) is 0.964. The van der Waals surface area contributed by atoms with E-state index >= 15 is 0 Å². The smallest absolute Gasteiger partial charge is 0.127 e. The molecule has 0 fully saturated rings. The summed E-state index contributed by atoms with van der Waals surface area (Å²) in [5, 5.41) is 0. The molecule has 0 amide bonds. The minimum atomic E-state index is 0.0971. The fourth-order valence-corrected chi connectivity index (χ4v) is 2.75. The molecule has 0 saturated heterocycles. The highest BCUT2D eigenvalue weighted by atomic mass is 16.5. The van der Waals surface area contributed by atoms with Crippen LogP contribution < -0.4 is 4.74 Å². The first-order valence-corrected chi connectivity index (χ1v) is 6.54. The Labute approximate surface area is 113 Å². The van der Waals surface area contributed by atoms with Crippen LogP contribution in [0.5, 0.6) is 5.75 Å². The van der Waals surface area contributed by atoms with Gasteiger partial charge >= 0.3 is 0 Å². The lowest BCUT2D eigenvalue weighted by molar-refractivity contribution is -0.109. The van der Waals surface area contributed by atoms with Crippen LogP contribution in [0, 0.1) is 0 Å². The summed E-state index contributed by atoms with van der Waals surface area (Å²) in [5.41, 5.74) is 4.89. The lowest BCUT2D eigenvalue weighted by Crippen LogP contribution is -1.93. The Morgan fingerprint density at radius 2 is 1.84 bits per heavy atom. The fraction of sp³-hybridized carbons (Fsp3) is 0.235. The second-order valence-electron chi connectivity index (χ2n) is 4.92. The van der Waals surface area contributed by atoms with Crippen LogP contribution in [0.1, 0.15) is 23.5 Å². The summed E-state index contributed by atoms with van der Waals surface area (Å²) in [6.45, 7) is 0. The molecule has 2 heteroatoms. The van der Waals surface area contributed by atoms with Gasteiger partial charge in [-0.3, -0.25) is 0 Å². The molecule has 0 radical (unpaired) electrons. The van der Waals surface area contributed by atoms with Crippen LogP contribution in [-0.4, -0.2) is 13.4 Å². The van der Waals surface area contributed by atoms with Crippen molar-refractivity contribution in [1.29, 1.82) is 0 Å². The van der Waals surface area contributed by atoms with Crippen molar-refractivity contribution < 1.29 is 9.53 Å². The molecule has 0 spiro atoms. The van der Waals surface area contributed by atoms with E-state index in [1.807, 2.05) is 12.1 Å². The quantitative estimate of drug-likeness (QED) is 0.780.